The second-order valence-corrected chi connectivity index (χ2v) is 2.23. The first kappa shape index (κ1) is 11.4. The van der Waals surface area contributed by atoms with E-state index < -0.39 is 36.9 Å². The van der Waals surface area contributed by atoms with Gasteiger partial charge in [0.1, 0.15) is 6.54 Å². The number of amides is 1. The van der Waals surface area contributed by atoms with Crippen LogP contribution in [0.15, 0.2) is 0 Å². The summed E-state index contributed by atoms with van der Waals surface area (Å²) in [7, 11) is 0. The van der Waals surface area contributed by atoms with Gasteiger partial charge in [-0.25, -0.2) is 4.79 Å². The summed E-state index contributed by atoms with van der Waals surface area (Å²) in [6, 6.07) is 0. The van der Waals surface area contributed by atoms with Gasteiger partial charge in [-0.15, -0.1) is 0 Å². The molecule has 0 spiro atoms. The number of aliphatic carboxylic acids is 2. The van der Waals surface area contributed by atoms with Gasteiger partial charge < -0.3 is 20.6 Å². The quantitative estimate of drug-likeness (QED) is 0.399. The topological polar surface area (TPSA) is 124 Å². The molecule has 13 heavy (non-hydrogen) atoms. The van der Waals surface area contributed by atoms with Crippen molar-refractivity contribution in [1.29, 1.82) is 0 Å². The van der Waals surface area contributed by atoms with E-state index >= 15 is 0 Å². The lowest BCUT2D eigenvalue weighted by Gasteiger charge is -2.04. The van der Waals surface area contributed by atoms with Crippen molar-refractivity contribution in [2.45, 2.75) is 12.5 Å². The van der Waals surface area contributed by atoms with E-state index in [4.69, 9.17) is 15.3 Å². The normalized spacial score (nSPS) is 11.8. The van der Waals surface area contributed by atoms with E-state index in [2.05, 4.69) is 0 Å². The molecule has 0 fully saturated rings. The summed E-state index contributed by atoms with van der Waals surface area (Å²) in [5.74, 6) is -3.58. The standard InChI is InChI=1S/C6H9NO6/c8-3(6(12)13)1-4(9)7-2-5(10)11/h3,8H,1-2H2,(H,7,9)(H,10,11)(H,12,13). The lowest BCUT2D eigenvalue weighted by atomic mass is 10.2. The molecule has 0 saturated heterocycles. The van der Waals surface area contributed by atoms with Crippen LogP contribution in [0.2, 0.25) is 0 Å². The minimum absolute atomic E-state index is 0.592. The second-order valence-electron chi connectivity index (χ2n) is 2.23. The maximum absolute atomic E-state index is 10.7. The number of carboxylic acids is 2. The van der Waals surface area contributed by atoms with Crippen LogP contribution in [0.5, 0.6) is 0 Å². The Morgan fingerprint density at radius 2 is 1.77 bits per heavy atom. The van der Waals surface area contributed by atoms with Crippen molar-refractivity contribution in [3.8, 4) is 0 Å². The molecule has 0 rings (SSSR count). The molecule has 0 aromatic rings. The van der Waals surface area contributed by atoms with Crippen LogP contribution in [0.25, 0.3) is 0 Å². The Morgan fingerprint density at radius 1 is 1.23 bits per heavy atom. The van der Waals surface area contributed by atoms with Crippen LogP contribution in [0, 0.1) is 0 Å². The molecule has 1 amide bonds. The van der Waals surface area contributed by atoms with Gasteiger partial charge >= 0.3 is 11.9 Å². The van der Waals surface area contributed by atoms with Crippen LogP contribution in [-0.4, -0.2) is 45.8 Å². The summed E-state index contributed by atoms with van der Waals surface area (Å²) in [5, 5.41) is 26.8. The highest BCUT2D eigenvalue weighted by Gasteiger charge is 2.17. The molecule has 74 valence electrons. The molecule has 0 radical (unpaired) electrons. The van der Waals surface area contributed by atoms with Gasteiger partial charge in [-0.2, -0.15) is 0 Å². The van der Waals surface area contributed by atoms with Gasteiger partial charge in [0.05, 0.1) is 6.42 Å². The van der Waals surface area contributed by atoms with E-state index in [0.29, 0.717) is 0 Å². The average Bonchev–Trinajstić information content (AvgIpc) is 2.00. The fraction of sp³-hybridized carbons (Fsp3) is 0.500. The van der Waals surface area contributed by atoms with Gasteiger partial charge in [0.25, 0.3) is 0 Å². The van der Waals surface area contributed by atoms with Crippen molar-refractivity contribution in [1.82, 2.24) is 5.32 Å². The van der Waals surface area contributed by atoms with Crippen molar-refractivity contribution in [2.24, 2.45) is 0 Å². The molecule has 1 unspecified atom stereocenters. The maximum atomic E-state index is 10.7. The fourth-order valence-corrected chi connectivity index (χ4v) is 0.509. The van der Waals surface area contributed by atoms with Gasteiger partial charge in [0, 0.05) is 0 Å². The van der Waals surface area contributed by atoms with Crippen LogP contribution < -0.4 is 5.32 Å². The molecule has 0 aliphatic heterocycles. The largest absolute Gasteiger partial charge is 0.480 e. The summed E-state index contributed by atoms with van der Waals surface area (Å²) in [6.07, 6.45) is -2.45. The van der Waals surface area contributed by atoms with Gasteiger partial charge in [0.2, 0.25) is 5.91 Å². The SMILES string of the molecule is O=C(O)CNC(=O)CC(O)C(=O)O. The van der Waals surface area contributed by atoms with E-state index in [1.807, 2.05) is 5.32 Å². The zero-order valence-corrected chi connectivity index (χ0v) is 6.56. The molecule has 7 nitrogen and oxygen atoms in total. The Bertz CT molecular complexity index is 225. The zero-order valence-electron chi connectivity index (χ0n) is 6.56. The first-order valence-corrected chi connectivity index (χ1v) is 3.33. The predicted octanol–water partition coefficient (Wildman–Crippen LogP) is -1.98. The molecule has 7 heteroatoms. The lowest BCUT2D eigenvalue weighted by Crippen LogP contribution is -2.34. The molecular weight excluding hydrogens is 182 g/mol. The number of carboxylic acid groups (broad SMARTS) is 2. The Hall–Kier alpha value is -1.63. The van der Waals surface area contributed by atoms with Gasteiger partial charge in [-0.05, 0) is 0 Å². The van der Waals surface area contributed by atoms with Crippen molar-refractivity contribution in [3.63, 3.8) is 0 Å². The number of carbonyl (C=O) groups excluding carboxylic acids is 1. The third kappa shape index (κ3) is 5.62. The fourth-order valence-electron chi connectivity index (χ4n) is 0.509. The molecule has 0 aliphatic rings. The molecule has 4 N–H and O–H groups in total. The van der Waals surface area contributed by atoms with E-state index in [0.717, 1.165) is 0 Å². The van der Waals surface area contributed by atoms with Crippen LogP contribution in [0.4, 0.5) is 0 Å². The highest BCUT2D eigenvalue weighted by atomic mass is 16.4. The van der Waals surface area contributed by atoms with E-state index in [1.54, 1.807) is 0 Å². The molecule has 0 aliphatic carbocycles. The first-order chi connectivity index (χ1) is 5.93. The first-order valence-electron chi connectivity index (χ1n) is 3.33. The van der Waals surface area contributed by atoms with E-state index in [1.165, 1.54) is 0 Å². The van der Waals surface area contributed by atoms with Gasteiger partial charge in [-0.3, -0.25) is 9.59 Å². The summed E-state index contributed by atoms with van der Waals surface area (Å²) in [5.41, 5.74) is 0. The zero-order chi connectivity index (χ0) is 10.4. The van der Waals surface area contributed by atoms with E-state index in [9.17, 15) is 14.4 Å². The molecule has 1 atom stereocenters. The van der Waals surface area contributed by atoms with Gasteiger partial charge in [-0.1, -0.05) is 0 Å². The molecular formula is C6H9NO6. The smallest absolute Gasteiger partial charge is 0.333 e. The molecule has 0 heterocycles. The summed E-state index contributed by atoms with van der Waals surface area (Å²) in [6.45, 7) is -0.592. The van der Waals surface area contributed by atoms with Crippen molar-refractivity contribution in [2.75, 3.05) is 6.54 Å². The highest BCUT2D eigenvalue weighted by molar-refractivity contribution is 5.85. The van der Waals surface area contributed by atoms with Crippen molar-refractivity contribution < 1.29 is 29.7 Å². The van der Waals surface area contributed by atoms with Crippen molar-refractivity contribution >= 4 is 17.8 Å². The lowest BCUT2D eigenvalue weighted by molar-refractivity contribution is -0.149. The number of hydrogen-bond acceptors (Lipinski definition) is 4. The monoisotopic (exact) mass is 191 g/mol. The third-order valence-corrected chi connectivity index (χ3v) is 1.10. The van der Waals surface area contributed by atoms with E-state index in [-0.39, 0.29) is 0 Å². The number of carbonyl (C=O) groups is 3. The number of aliphatic hydroxyl groups is 1. The average molecular weight is 191 g/mol. The Kier molecular flexibility index (Phi) is 4.45. The number of rotatable bonds is 5. The number of hydrogen-bond donors (Lipinski definition) is 4. The number of nitrogens with one attached hydrogen (secondary N) is 1. The van der Waals surface area contributed by atoms with Crippen molar-refractivity contribution in [3.05, 3.63) is 0 Å². The van der Waals surface area contributed by atoms with Crippen LogP contribution in [-0.2, 0) is 14.4 Å². The Morgan fingerprint density at radius 3 is 2.15 bits per heavy atom. The molecule has 0 saturated carbocycles. The summed E-state index contributed by atoms with van der Waals surface area (Å²) in [4.78, 5) is 30.6. The minimum Gasteiger partial charge on any atom is -0.480 e. The molecule has 0 bridgehead atoms. The molecule has 0 aromatic heterocycles. The number of aliphatic hydroxyl groups excluding tert-OH is 1. The Labute approximate surface area is 73.0 Å². The summed E-state index contributed by atoms with van der Waals surface area (Å²) < 4.78 is 0. The minimum atomic E-state index is -1.80. The summed E-state index contributed by atoms with van der Waals surface area (Å²) >= 11 is 0. The van der Waals surface area contributed by atoms with Crippen LogP contribution >= 0.6 is 0 Å². The predicted molar refractivity (Wildman–Crippen MR) is 38.9 cm³/mol. The van der Waals surface area contributed by atoms with Gasteiger partial charge in [0.15, 0.2) is 6.10 Å². The van der Waals surface area contributed by atoms with Crippen LogP contribution in [0.1, 0.15) is 6.42 Å². The third-order valence-electron chi connectivity index (χ3n) is 1.10. The second kappa shape index (κ2) is 5.09. The highest BCUT2D eigenvalue weighted by Crippen LogP contribution is 1.90. The van der Waals surface area contributed by atoms with Crippen LogP contribution in [0.3, 0.4) is 0 Å². The maximum Gasteiger partial charge on any atom is 0.333 e. The molecule has 0 aromatic carbocycles. The Balaban J connectivity index is 3.74.